The third-order valence-electron chi connectivity index (χ3n) is 3.65. The summed E-state index contributed by atoms with van der Waals surface area (Å²) >= 11 is 1.86. The third-order valence-corrected chi connectivity index (χ3v) is 4.58. The summed E-state index contributed by atoms with van der Waals surface area (Å²) in [4.78, 5) is 1.50. The lowest BCUT2D eigenvalue weighted by molar-refractivity contribution is 0.526. The number of rotatable bonds is 6. The number of aryl methyl sites for hydroxylation is 3. The van der Waals surface area contributed by atoms with Crippen LogP contribution in [0.1, 0.15) is 40.5 Å². The van der Waals surface area contributed by atoms with Gasteiger partial charge in [-0.25, -0.2) is 0 Å². The SMILES string of the molecule is CNC(CCCc1cccs1)c1ccc(C)cc1C. The van der Waals surface area contributed by atoms with E-state index in [-0.39, 0.29) is 0 Å². The van der Waals surface area contributed by atoms with E-state index in [9.17, 15) is 0 Å². The molecular formula is C17H23NS. The Morgan fingerprint density at radius 3 is 2.68 bits per heavy atom. The third kappa shape index (κ3) is 3.92. The highest BCUT2D eigenvalue weighted by Gasteiger charge is 2.11. The Kier molecular flexibility index (Phi) is 5.17. The molecule has 19 heavy (non-hydrogen) atoms. The average Bonchev–Trinajstić information content (AvgIpc) is 2.89. The zero-order chi connectivity index (χ0) is 13.7. The lowest BCUT2D eigenvalue weighted by Gasteiger charge is -2.19. The second-order valence-corrected chi connectivity index (χ2v) is 6.21. The van der Waals surface area contributed by atoms with Gasteiger partial charge in [0.25, 0.3) is 0 Å². The van der Waals surface area contributed by atoms with Gasteiger partial charge in [0.2, 0.25) is 0 Å². The van der Waals surface area contributed by atoms with Crippen LogP contribution in [0.4, 0.5) is 0 Å². The van der Waals surface area contributed by atoms with Crippen LogP contribution in [0.2, 0.25) is 0 Å². The molecule has 0 saturated carbocycles. The Labute approximate surface area is 120 Å². The van der Waals surface area contributed by atoms with Crippen molar-refractivity contribution in [1.29, 1.82) is 0 Å². The van der Waals surface area contributed by atoms with Crippen LogP contribution < -0.4 is 5.32 Å². The minimum atomic E-state index is 0.473. The fourth-order valence-corrected chi connectivity index (χ4v) is 3.36. The summed E-state index contributed by atoms with van der Waals surface area (Å²) in [6, 6.07) is 11.6. The van der Waals surface area contributed by atoms with E-state index >= 15 is 0 Å². The summed E-state index contributed by atoms with van der Waals surface area (Å²) in [5.74, 6) is 0. The molecule has 0 bridgehead atoms. The summed E-state index contributed by atoms with van der Waals surface area (Å²) in [7, 11) is 2.06. The molecule has 1 N–H and O–H groups in total. The Balaban J connectivity index is 1.95. The minimum Gasteiger partial charge on any atom is -0.313 e. The molecule has 0 aliphatic carbocycles. The summed E-state index contributed by atoms with van der Waals surface area (Å²) in [5.41, 5.74) is 4.18. The zero-order valence-corrected chi connectivity index (χ0v) is 12.9. The maximum Gasteiger partial charge on any atom is 0.0320 e. The van der Waals surface area contributed by atoms with E-state index < -0.39 is 0 Å². The zero-order valence-electron chi connectivity index (χ0n) is 12.1. The van der Waals surface area contributed by atoms with Gasteiger partial charge in [0.15, 0.2) is 0 Å². The van der Waals surface area contributed by atoms with Gasteiger partial charge in [0.05, 0.1) is 0 Å². The van der Waals surface area contributed by atoms with Crippen LogP contribution in [-0.4, -0.2) is 7.05 Å². The van der Waals surface area contributed by atoms with Crippen molar-refractivity contribution in [3.8, 4) is 0 Å². The van der Waals surface area contributed by atoms with Crippen LogP contribution in [0.3, 0.4) is 0 Å². The number of benzene rings is 1. The molecule has 2 heteroatoms. The highest BCUT2D eigenvalue weighted by Crippen LogP contribution is 2.24. The van der Waals surface area contributed by atoms with Crippen molar-refractivity contribution in [3.63, 3.8) is 0 Å². The maximum atomic E-state index is 3.46. The Morgan fingerprint density at radius 2 is 2.05 bits per heavy atom. The topological polar surface area (TPSA) is 12.0 Å². The highest BCUT2D eigenvalue weighted by atomic mass is 32.1. The Morgan fingerprint density at radius 1 is 1.21 bits per heavy atom. The predicted octanol–water partition coefficient (Wildman–Crippen LogP) is 4.65. The monoisotopic (exact) mass is 273 g/mol. The van der Waals surface area contributed by atoms with E-state index in [0.29, 0.717) is 6.04 Å². The molecule has 0 aliphatic heterocycles. The molecule has 1 atom stereocenters. The maximum absolute atomic E-state index is 3.46. The van der Waals surface area contributed by atoms with Crippen molar-refractivity contribution >= 4 is 11.3 Å². The van der Waals surface area contributed by atoms with E-state index in [4.69, 9.17) is 0 Å². The van der Waals surface area contributed by atoms with Crippen LogP contribution in [0.25, 0.3) is 0 Å². The van der Waals surface area contributed by atoms with Crippen LogP contribution in [0.5, 0.6) is 0 Å². The largest absolute Gasteiger partial charge is 0.313 e. The fraction of sp³-hybridized carbons (Fsp3) is 0.412. The molecule has 0 amide bonds. The van der Waals surface area contributed by atoms with Gasteiger partial charge in [0, 0.05) is 10.9 Å². The summed E-state index contributed by atoms with van der Waals surface area (Å²) < 4.78 is 0. The molecule has 0 radical (unpaired) electrons. The van der Waals surface area contributed by atoms with E-state index in [1.165, 1.54) is 40.8 Å². The first-order chi connectivity index (χ1) is 9.20. The molecule has 102 valence electrons. The lowest BCUT2D eigenvalue weighted by atomic mass is 9.95. The van der Waals surface area contributed by atoms with Gasteiger partial charge in [-0.3, -0.25) is 0 Å². The average molecular weight is 273 g/mol. The van der Waals surface area contributed by atoms with Crippen molar-refractivity contribution in [1.82, 2.24) is 5.32 Å². The van der Waals surface area contributed by atoms with Crippen molar-refractivity contribution < 1.29 is 0 Å². The number of hydrogen-bond donors (Lipinski definition) is 1. The highest BCUT2D eigenvalue weighted by molar-refractivity contribution is 7.09. The van der Waals surface area contributed by atoms with Gasteiger partial charge in [-0.15, -0.1) is 11.3 Å². The van der Waals surface area contributed by atoms with Crippen LogP contribution in [-0.2, 0) is 6.42 Å². The fourth-order valence-electron chi connectivity index (χ4n) is 2.61. The van der Waals surface area contributed by atoms with Gasteiger partial charge in [0.1, 0.15) is 0 Å². The molecule has 2 aromatic rings. The number of hydrogen-bond acceptors (Lipinski definition) is 2. The number of nitrogens with one attached hydrogen (secondary N) is 1. The molecule has 0 fully saturated rings. The van der Waals surface area contributed by atoms with Crippen molar-refractivity contribution in [2.45, 2.75) is 39.2 Å². The predicted molar refractivity (Wildman–Crippen MR) is 85.0 cm³/mol. The molecule has 1 unspecified atom stereocenters. The molecular weight excluding hydrogens is 250 g/mol. The smallest absolute Gasteiger partial charge is 0.0320 e. The molecule has 1 aromatic carbocycles. The molecule has 1 aromatic heterocycles. The summed E-state index contributed by atoms with van der Waals surface area (Å²) in [5, 5.41) is 5.62. The van der Waals surface area contributed by atoms with Crippen LogP contribution in [0, 0.1) is 13.8 Å². The van der Waals surface area contributed by atoms with Gasteiger partial charge in [-0.05, 0) is 62.7 Å². The second-order valence-electron chi connectivity index (χ2n) is 5.17. The Hall–Kier alpha value is -1.12. The number of thiophene rings is 1. The van der Waals surface area contributed by atoms with E-state index in [2.05, 4.69) is 61.9 Å². The first kappa shape index (κ1) is 14.3. The van der Waals surface area contributed by atoms with Gasteiger partial charge >= 0.3 is 0 Å². The quantitative estimate of drug-likeness (QED) is 0.808. The van der Waals surface area contributed by atoms with E-state index in [0.717, 1.165) is 0 Å². The molecule has 2 rings (SSSR count). The van der Waals surface area contributed by atoms with Gasteiger partial charge in [-0.1, -0.05) is 29.8 Å². The molecule has 0 aliphatic rings. The summed E-state index contributed by atoms with van der Waals surface area (Å²) in [6.45, 7) is 4.37. The Bertz CT molecular complexity index is 502. The molecule has 0 spiro atoms. The van der Waals surface area contributed by atoms with Gasteiger partial charge < -0.3 is 5.32 Å². The van der Waals surface area contributed by atoms with E-state index in [1.54, 1.807) is 0 Å². The lowest BCUT2D eigenvalue weighted by Crippen LogP contribution is -2.17. The van der Waals surface area contributed by atoms with Crippen molar-refractivity contribution in [2.24, 2.45) is 0 Å². The van der Waals surface area contributed by atoms with Crippen molar-refractivity contribution in [3.05, 3.63) is 57.3 Å². The first-order valence-corrected chi connectivity index (χ1v) is 7.85. The standard InChI is InChI=1S/C17H23NS/c1-13-9-10-16(14(2)12-13)17(18-3)8-4-6-15-7-5-11-19-15/h5,7,9-12,17-18H,4,6,8H2,1-3H3. The van der Waals surface area contributed by atoms with Crippen molar-refractivity contribution in [2.75, 3.05) is 7.05 Å². The molecule has 0 saturated heterocycles. The van der Waals surface area contributed by atoms with Crippen LogP contribution >= 0.6 is 11.3 Å². The minimum absolute atomic E-state index is 0.473. The first-order valence-electron chi connectivity index (χ1n) is 6.97. The van der Waals surface area contributed by atoms with Gasteiger partial charge in [-0.2, -0.15) is 0 Å². The second kappa shape index (κ2) is 6.88. The normalized spacial score (nSPS) is 12.6. The molecule has 1 nitrogen and oxygen atoms in total. The molecule has 1 heterocycles. The summed E-state index contributed by atoms with van der Waals surface area (Å²) in [6.07, 6.45) is 3.62. The van der Waals surface area contributed by atoms with Crippen LogP contribution in [0.15, 0.2) is 35.7 Å². The van der Waals surface area contributed by atoms with E-state index in [1.807, 2.05) is 11.3 Å².